The molecular weight excluding hydrogens is 375 g/mol. The van der Waals surface area contributed by atoms with Crippen LogP contribution in [0.1, 0.15) is 22.1 Å². The Labute approximate surface area is 166 Å². The zero-order valence-electron chi connectivity index (χ0n) is 15.5. The van der Waals surface area contributed by atoms with Crippen molar-refractivity contribution in [3.8, 4) is 17.2 Å². The molecule has 0 aromatic heterocycles. The Morgan fingerprint density at radius 3 is 2.72 bits per heavy atom. The molecule has 0 bridgehead atoms. The molecule has 7 heteroatoms. The molecule has 0 saturated carbocycles. The van der Waals surface area contributed by atoms with E-state index >= 15 is 0 Å². The molecule has 3 aromatic carbocycles. The Balaban J connectivity index is 1.64. The molecular formula is C22H17FN2O4. The van der Waals surface area contributed by atoms with Crippen LogP contribution in [-0.2, 0) is 0 Å². The fourth-order valence-electron chi connectivity index (χ4n) is 3.64. The predicted octanol–water partition coefficient (Wildman–Crippen LogP) is 4.33. The quantitative estimate of drug-likeness (QED) is 0.719. The highest BCUT2D eigenvalue weighted by Gasteiger charge is 2.35. The number of halogens is 1. The number of nitrogens with one attached hydrogen (secondary N) is 1. The second kappa shape index (κ2) is 6.70. The molecule has 0 fully saturated rings. The number of fused-ring (bicyclic) bond motifs is 2. The van der Waals surface area contributed by atoms with E-state index in [0.29, 0.717) is 34.0 Å². The number of hydrogen-bond donors (Lipinski definition) is 1. The molecule has 29 heavy (non-hydrogen) atoms. The van der Waals surface area contributed by atoms with E-state index in [0.717, 1.165) is 0 Å². The lowest BCUT2D eigenvalue weighted by Crippen LogP contribution is -2.43. The lowest BCUT2D eigenvalue weighted by atomic mass is 10.0. The van der Waals surface area contributed by atoms with Crippen molar-refractivity contribution in [1.29, 1.82) is 0 Å². The number of para-hydroxylation sites is 1. The van der Waals surface area contributed by atoms with Gasteiger partial charge in [0.15, 0.2) is 23.1 Å². The number of ether oxygens (including phenoxy) is 3. The summed E-state index contributed by atoms with van der Waals surface area (Å²) in [5.74, 6) is 0.640. The van der Waals surface area contributed by atoms with Crippen LogP contribution >= 0.6 is 0 Å². The molecule has 2 heterocycles. The van der Waals surface area contributed by atoms with E-state index in [2.05, 4.69) is 5.32 Å². The molecule has 2 aliphatic rings. The summed E-state index contributed by atoms with van der Waals surface area (Å²) < 4.78 is 30.3. The van der Waals surface area contributed by atoms with Gasteiger partial charge in [0.05, 0.1) is 18.4 Å². The third kappa shape index (κ3) is 2.82. The SMILES string of the molecule is COc1ccc(C2Nc3ccccc3C(=O)N2c2ccc3c(c2)OCO3)cc1F. The van der Waals surface area contributed by atoms with Crippen LogP contribution in [0.5, 0.6) is 17.2 Å². The summed E-state index contributed by atoms with van der Waals surface area (Å²) >= 11 is 0. The van der Waals surface area contributed by atoms with Gasteiger partial charge < -0.3 is 19.5 Å². The summed E-state index contributed by atoms with van der Waals surface area (Å²) in [7, 11) is 1.41. The van der Waals surface area contributed by atoms with Gasteiger partial charge in [-0.1, -0.05) is 18.2 Å². The molecule has 5 rings (SSSR count). The summed E-state index contributed by atoms with van der Waals surface area (Å²) in [5.41, 5.74) is 2.43. The Morgan fingerprint density at radius 2 is 1.90 bits per heavy atom. The minimum Gasteiger partial charge on any atom is -0.494 e. The second-order valence-electron chi connectivity index (χ2n) is 6.70. The first-order chi connectivity index (χ1) is 14.2. The summed E-state index contributed by atoms with van der Waals surface area (Å²) in [6.45, 7) is 0.140. The fraction of sp³-hybridized carbons (Fsp3) is 0.136. The van der Waals surface area contributed by atoms with Crippen molar-refractivity contribution < 1.29 is 23.4 Å². The molecule has 0 spiro atoms. The molecule has 1 unspecified atom stereocenters. The highest BCUT2D eigenvalue weighted by molar-refractivity contribution is 6.12. The molecule has 146 valence electrons. The van der Waals surface area contributed by atoms with Crippen LogP contribution in [0.2, 0.25) is 0 Å². The summed E-state index contributed by atoms with van der Waals surface area (Å²) in [6.07, 6.45) is -0.613. The Bertz CT molecular complexity index is 1120. The molecule has 1 atom stereocenters. The van der Waals surface area contributed by atoms with Gasteiger partial charge in [-0.25, -0.2) is 4.39 Å². The molecule has 6 nitrogen and oxygen atoms in total. The van der Waals surface area contributed by atoms with Gasteiger partial charge in [0.1, 0.15) is 6.17 Å². The highest BCUT2D eigenvalue weighted by atomic mass is 19.1. The number of rotatable bonds is 3. The Hall–Kier alpha value is -3.74. The van der Waals surface area contributed by atoms with Crippen LogP contribution in [0.4, 0.5) is 15.8 Å². The monoisotopic (exact) mass is 392 g/mol. The summed E-state index contributed by atoms with van der Waals surface area (Å²) in [4.78, 5) is 15.0. The van der Waals surface area contributed by atoms with E-state index in [1.807, 2.05) is 18.2 Å². The van der Waals surface area contributed by atoms with Gasteiger partial charge in [0, 0.05) is 11.8 Å². The molecule has 0 radical (unpaired) electrons. The lowest BCUT2D eigenvalue weighted by molar-refractivity contribution is 0.0975. The number of anilines is 2. The zero-order chi connectivity index (χ0) is 20.0. The van der Waals surface area contributed by atoms with Gasteiger partial charge in [0.2, 0.25) is 6.79 Å². The van der Waals surface area contributed by atoms with Crippen LogP contribution in [0, 0.1) is 5.82 Å². The van der Waals surface area contributed by atoms with Gasteiger partial charge in [-0.05, 0) is 42.0 Å². The minimum atomic E-state index is -0.613. The molecule has 3 aromatic rings. The van der Waals surface area contributed by atoms with Crippen molar-refractivity contribution in [1.82, 2.24) is 0 Å². The van der Waals surface area contributed by atoms with Crippen molar-refractivity contribution in [2.24, 2.45) is 0 Å². The van der Waals surface area contributed by atoms with Crippen molar-refractivity contribution in [3.05, 3.63) is 77.6 Å². The third-order valence-corrected chi connectivity index (χ3v) is 5.05. The maximum absolute atomic E-state index is 14.4. The minimum absolute atomic E-state index is 0.140. The molecule has 0 saturated heterocycles. The van der Waals surface area contributed by atoms with Gasteiger partial charge in [-0.15, -0.1) is 0 Å². The van der Waals surface area contributed by atoms with Gasteiger partial charge >= 0.3 is 0 Å². The zero-order valence-corrected chi connectivity index (χ0v) is 15.5. The average Bonchev–Trinajstić information content (AvgIpc) is 3.21. The number of carbonyl (C=O) groups is 1. The van der Waals surface area contributed by atoms with E-state index in [1.165, 1.54) is 13.2 Å². The van der Waals surface area contributed by atoms with Crippen LogP contribution in [0.3, 0.4) is 0 Å². The van der Waals surface area contributed by atoms with E-state index < -0.39 is 12.0 Å². The maximum atomic E-state index is 14.4. The number of amides is 1. The van der Waals surface area contributed by atoms with E-state index in [1.54, 1.807) is 41.3 Å². The van der Waals surface area contributed by atoms with Gasteiger partial charge in [0.25, 0.3) is 5.91 Å². The van der Waals surface area contributed by atoms with E-state index in [4.69, 9.17) is 14.2 Å². The van der Waals surface area contributed by atoms with E-state index in [-0.39, 0.29) is 18.4 Å². The summed E-state index contributed by atoms with van der Waals surface area (Å²) in [5, 5.41) is 3.35. The second-order valence-corrected chi connectivity index (χ2v) is 6.70. The van der Waals surface area contributed by atoms with Crippen LogP contribution in [-0.4, -0.2) is 19.8 Å². The number of hydrogen-bond acceptors (Lipinski definition) is 5. The van der Waals surface area contributed by atoms with Gasteiger partial charge in [-0.3, -0.25) is 9.69 Å². The molecule has 1 N–H and O–H groups in total. The molecule has 0 aliphatic carbocycles. The highest BCUT2D eigenvalue weighted by Crippen LogP contribution is 2.41. The van der Waals surface area contributed by atoms with Gasteiger partial charge in [-0.2, -0.15) is 0 Å². The number of benzene rings is 3. The van der Waals surface area contributed by atoms with E-state index in [9.17, 15) is 9.18 Å². The molecule has 2 aliphatic heterocycles. The van der Waals surface area contributed by atoms with Crippen LogP contribution in [0.25, 0.3) is 0 Å². The normalized spacial score (nSPS) is 17.0. The standard InChI is InChI=1S/C22H17FN2O4/c1-27-18-8-6-13(10-16(18)23)21-24-17-5-3-2-4-15(17)22(26)25(21)14-7-9-19-20(11-14)29-12-28-19/h2-11,21,24H,12H2,1H3. The predicted molar refractivity (Wildman–Crippen MR) is 105 cm³/mol. The van der Waals surface area contributed by atoms with Crippen molar-refractivity contribution in [2.45, 2.75) is 6.17 Å². The van der Waals surface area contributed by atoms with Crippen molar-refractivity contribution in [2.75, 3.05) is 24.1 Å². The third-order valence-electron chi connectivity index (χ3n) is 5.05. The van der Waals surface area contributed by atoms with Crippen molar-refractivity contribution in [3.63, 3.8) is 0 Å². The summed E-state index contributed by atoms with van der Waals surface area (Å²) in [6, 6.07) is 17.2. The first-order valence-corrected chi connectivity index (χ1v) is 9.08. The largest absolute Gasteiger partial charge is 0.494 e. The lowest BCUT2D eigenvalue weighted by Gasteiger charge is -2.38. The smallest absolute Gasteiger partial charge is 0.262 e. The van der Waals surface area contributed by atoms with Crippen molar-refractivity contribution >= 4 is 17.3 Å². The van der Waals surface area contributed by atoms with Crippen LogP contribution < -0.4 is 24.4 Å². The average molecular weight is 392 g/mol. The first-order valence-electron chi connectivity index (χ1n) is 9.08. The topological polar surface area (TPSA) is 60.0 Å². The van der Waals surface area contributed by atoms with Crippen LogP contribution in [0.15, 0.2) is 60.7 Å². The number of methoxy groups -OCH3 is 1. The molecule has 1 amide bonds. The Kier molecular flexibility index (Phi) is 4.01. The first kappa shape index (κ1) is 17.4. The Morgan fingerprint density at radius 1 is 1.07 bits per heavy atom. The number of nitrogens with zero attached hydrogens (tertiary/aromatic N) is 1. The number of carbonyl (C=O) groups excluding carboxylic acids is 1. The maximum Gasteiger partial charge on any atom is 0.262 e. The fourth-order valence-corrected chi connectivity index (χ4v) is 3.64.